The molecule has 0 radical (unpaired) electrons. The number of nitrogens with one attached hydrogen (secondary N) is 1. The highest BCUT2D eigenvalue weighted by molar-refractivity contribution is 5.81. The van der Waals surface area contributed by atoms with Gasteiger partial charge in [-0.2, -0.15) is 13.2 Å². The molecule has 5 nitrogen and oxygen atoms in total. The molecule has 1 aliphatic heterocycles. The van der Waals surface area contributed by atoms with E-state index in [0.29, 0.717) is 6.54 Å². The maximum absolute atomic E-state index is 13.6. The first-order chi connectivity index (χ1) is 17.7. The molecular formula is C28H36F4N4O. The third-order valence-electron chi connectivity index (χ3n) is 7.24. The summed E-state index contributed by atoms with van der Waals surface area (Å²) in [6.45, 7) is 3.07. The standard InChI is InChI=1S/C28H36F4N4O/c1-34(14-12-29)15-16-36(20-23-5-2-3-7-25(23)28(30,31)32)27(37)17-33-26-8-4-6-22-19-35(13-11-24(22)26)18-21-9-10-21/h2-8,21,33H,9-20H2,1H3. The number of benzene rings is 2. The molecule has 0 unspecified atom stereocenters. The van der Waals surface area contributed by atoms with E-state index in [1.807, 2.05) is 12.1 Å². The van der Waals surface area contributed by atoms with Gasteiger partial charge in [0.15, 0.2) is 0 Å². The Bertz CT molecular complexity index is 1060. The molecule has 9 heteroatoms. The van der Waals surface area contributed by atoms with E-state index in [1.165, 1.54) is 41.0 Å². The van der Waals surface area contributed by atoms with Crippen molar-refractivity contribution in [2.45, 2.75) is 38.5 Å². The number of alkyl halides is 4. The highest BCUT2D eigenvalue weighted by Gasteiger charge is 2.33. The predicted molar refractivity (Wildman–Crippen MR) is 137 cm³/mol. The Morgan fingerprint density at radius 1 is 1.08 bits per heavy atom. The fraction of sp³-hybridized carbons (Fsp3) is 0.536. The molecule has 1 N–H and O–H groups in total. The molecule has 0 spiro atoms. The summed E-state index contributed by atoms with van der Waals surface area (Å²) in [6, 6.07) is 11.4. The molecular weight excluding hydrogens is 484 g/mol. The summed E-state index contributed by atoms with van der Waals surface area (Å²) >= 11 is 0. The van der Waals surface area contributed by atoms with Crippen LogP contribution in [0.25, 0.3) is 0 Å². The number of fused-ring (bicyclic) bond motifs is 1. The number of hydrogen-bond donors (Lipinski definition) is 1. The third kappa shape index (κ3) is 7.68. The molecule has 1 amide bonds. The molecule has 0 atom stereocenters. The van der Waals surface area contributed by atoms with E-state index in [-0.39, 0.29) is 37.6 Å². The summed E-state index contributed by atoms with van der Waals surface area (Å²) < 4.78 is 53.5. The van der Waals surface area contributed by atoms with E-state index in [0.717, 1.165) is 43.7 Å². The number of likely N-dealkylation sites (N-methyl/N-ethyl adjacent to an activating group) is 1. The lowest BCUT2D eigenvalue weighted by molar-refractivity contribution is -0.139. The Kier molecular flexibility index (Phi) is 9.08. The van der Waals surface area contributed by atoms with E-state index in [1.54, 1.807) is 18.0 Å². The van der Waals surface area contributed by atoms with Crippen molar-refractivity contribution < 1.29 is 22.4 Å². The molecule has 2 aromatic carbocycles. The minimum atomic E-state index is -4.51. The largest absolute Gasteiger partial charge is 0.416 e. The molecule has 0 saturated heterocycles. The fourth-order valence-electron chi connectivity index (χ4n) is 4.92. The van der Waals surface area contributed by atoms with Crippen LogP contribution in [0, 0.1) is 5.92 Å². The van der Waals surface area contributed by atoms with Gasteiger partial charge in [0.05, 0.1) is 12.1 Å². The van der Waals surface area contributed by atoms with Gasteiger partial charge in [0, 0.05) is 51.5 Å². The second kappa shape index (κ2) is 12.3. The number of anilines is 1. The summed E-state index contributed by atoms with van der Waals surface area (Å²) in [7, 11) is 1.73. The number of rotatable bonds is 12. The van der Waals surface area contributed by atoms with Gasteiger partial charge in [-0.1, -0.05) is 30.3 Å². The minimum absolute atomic E-state index is 0.0246. The Balaban J connectivity index is 1.44. The minimum Gasteiger partial charge on any atom is -0.376 e. The maximum atomic E-state index is 13.6. The first-order valence-electron chi connectivity index (χ1n) is 13.0. The van der Waals surface area contributed by atoms with Gasteiger partial charge in [-0.3, -0.25) is 9.69 Å². The monoisotopic (exact) mass is 520 g/mol. The van der Waals surface area contributed by atoms with Crippen LogP contribution in [0.1, 0.15) is 35.1 Å². The molecule has 1 saturated carbocycles. The molecule has 2 aromatic rings. The van der Waals surface area contributed by atoms with Crippen molar-refractivity contribution in [2.24, 2.45) is 5.92 Å². The van der Waals surface area contributed by atoms with Gasteiger partial charge in [-0.15, -0.1) is 0 Å². The molecule has 202 valence electrons. The third-order valence-corrected chi connectivity index (χ3v) is 7.24. The zero-order valence-electron chi connectivity index (χ0n) is 21.4. The average Bonchev–Trinajstić information content (AvgIpc) is 3.68. The van der Waals surface area contributed by atoms with Gasteiger partial charge < -0.3 is 15.1 Å². The number of carbonyl (C=O) groups excluding carboxylic acids is 1. The van der Waals surface area contributed by atoms with Gasteiger partial charge in [0.25, 0.3) is 0 Å². The van der Waals surface area contributed by atoms with Gasteiger partial charge in [0.1, 0.15) is 6.67 Å². The zero-order valence-corrected chi connectivity index (χ0v) is 21.4. The first-order valence-corrected chi connectivity index (χ1v) is 13.0. The van der Waals surface area contributed by atoms with Gasteiger partial charge in [0.2, 0.25) is 5.91 Å². The van der Waals surface area contributed by atoms with Gasteiger partial charge >= 0.3 is 6.18 Å². The van der Waals surface area contributed by atoms with Crippen LogP contribution in [0.4, 0.5) is 23.2 Å². The normalized spacial score (nSPS) is 16.1. The Hall–Kier alpha value is -2.65. The predicted octanol–water partition coefficient (Wildman–Crippen LogP) is 4.82. The lowest BCUT2D eigenvalue weighted by Crippen LogP contribution is -2.41. The summed E-state index contributed by atoms with van der Waals surface area (Å²) in [6.07, 6.45) is -0.970. The molecule has 0 aromatic heterocycles. The smallest absolute Gasteiger partial charge is 0.376 e. The van der Waals surface area contributed by atoms with Crippen LogP contribution in [0.15, 0.2) is 42.5 Å². The highest BCUT2D eigenvalue weighted by atomic mass is 19.4. The van der Waals surface area contributed by atoms with Crippen LogP contribution in [-0.4, -0.2) is 73.6 Å². The van der Waals surface area contributed by atoms with Gasteiger partial charge in [-0.05, 0) is 61.1 Å². The topological polar surface area (TPSA) is 38.8 Å². The molecule has 1 aliphatic carbocycles. The first kappa shape index (κ1) is 27.4. The van der Waals surface area contributed by atoms with Crippen molar-refractivity contribution in [1.82, 2.24) is 14.7 Å². The number of halogens is 4. The summed E-state index contributed by atoms with van der Waals surface area (Å²) in [4.78, 5) is 18.9. The van der Waals surface area contributed by atoms with Crippen LogP contribution in [0.5, 0.6) is 0 Å². The number of nitrogens with zero attached hydrogens (tertiary/aromatic N) is 3. The van der Waals surface area contributed by atoms with E-state index in [2.05, 4.69) is 16.3 Å². The lowest BCUT2D eigenvalue weighted by atomic mass is 9.97. The maximum Gasteiger partial charge on any atom is 0.416 e. The second-order valence-electron chi connectivity index (χ2n) is 10.2. The van der Waals surface area contributed by atoms with E-state index < -0.39 is 18.4 Å². The summed E-state index contributed by atoms with van der Waals surface area (Å²) in [5.41, 5.74) is 2.67. The van der Waals surface area contributed by atoms with Crippen molar-refractivity contribution in [3.8, 4) is 0 Å². The van der Waals surface area contributed by atoms with E-state index in [9.17, 15) is 22.4 Å². The van der Waals surface area contributed by atoms with Crippen LogP contribution >= 0.6 is 0 Å². The van der Waals surface area contributed by atoms with Crippen LogP contribution in [-0.2, 0) is 30.5 Å². The van der Waals surface area contributed by atoms with Crippen molar-refractivity contribution >= 4 is 11.6 Å². The second-order valence-corrected chi connectivity index (χ2v) is 10.2. The molecule has 2 aliphatic rings. The van der Waals surface area contributed by atoms with Crippen LogP contribution < -0.4 is 5.32 Å². The van der Waals surface area contributed by atoms with Crippen molar-refractivity contribution in [2.75, 3.05) is 58.3 Å². The lowest BCUT2D eigenvalue weighted by Gasteiger charge is -2.30. The highest BCUT2D eigenvalue weighted by Crippen LogP contribution is 2.34. The quantitative estimate of drug-likeness (QED) is 0.408. The SMILES string of the molecule is CN(CCF)CCN(Cc1ccccc1C(F)(F)F)C(=O)CNc1cccc2c1CCN(CC1CC1)C2. The average molecular weight is 521 g/mol. The van der Waals surface area contributed by atoms with Crippen LogP contribution in [0.3, 0.4) is 0 Å². The Morgan fingerprint density at radius 2 is 1.86 bits per heavy atom. The Morgan fingerprint density at radius 3 is 2.59 bits per heavy atom. The van der Waals surface area contributed by atoms with E-state index >= 15 is 0 Å². The number of carbonyl (C=O) groups is 1. The van der Waals surface area contributed by atoms with Crippen molar-refractivity contribution in [3.05, 3.63) is 64.7 Å². The molecule has 1 heterocycles. The Labute approximate surface area is 216 Å². The summed E-state index contributed by atoms with van der Waals surface area (Å²) in [5, 5.41) is 3.26. The molecule has 4 rings (SSSR count). The number of hydrogen-bond acceptors (Lipinski definition) is 4. The van der Waals surface area contributed by atoms with Gasteiger partial charge in [-0.25, -0.2) is 4.39 Å². The molecule has 1 fully saturated rings. The van der Waals surface area contributed by atoms with E-state index in [4.69, 9.17) is 0 Å². The van der Waals surface area contributed by atoms with Crippen molar-refractivity contribution in [3.63, 3.8) is 0 Å². The summed E-state index contributed by atoms with van der Waals surface area (Å²) in [5.74, 6) is 0.535. The molecule has 37 heavy (non-hydrogen) atoms. The van der Waals surface area contributed by atoms with Crippen LogP contribution in [0.2, 0.25) is 0 Å². The molecule has 0 bridgehead atoms. The number of amides is 1. The van der Waals surface area contributed by atoms with Crippen molar-refractivity contribution in [1.29, 1.82) is 0 Å². The zero-order chi connectivity index (χ0) is 26.4. The fourth-order valence-corrected chi connectivity index (χ4v) is 4.92.